The normalized spacial score (nSPS) is 16.8. The summed E-state index contributed by atoms with van der Waals surface area (Å²) in [4.78, 5) is 23.7. The summed E-state index contributed by atoms with van der Waals surface area (Å²) in [5, 5.41) is 13.0. The van der Waals surface area contributed by atoms with Gasteiger partial charge in [-0.3, -0.25) is 9.59 Å². The van der Waals surface area contributed by atoms with Crippen LogP contribution >= 0.6 is 11.8 Å². The van der Waals surface area contributed by atoms with Crippen LogP contribution < -0.4 is 5.32 Å². The van der Waals surface area contributed by atoms with Crippen molar-refractivity contribution in [2.24, 2.45) is 5.10 Å². The SMILES string of the molecule is CC(=O)NC1=NN(C(C)=O)C(c2c3ccccc3cc3ccccc23)S1. The molecular weight excluding hydrogens is 346 g/mol. The van der Waals surface area contributed by atoms with Crippen molar-refractivity contribution in [3.63, 3.8) is 0 Å². The number of amides is 2. The van der Waals surface area contributed by atoms with E-state index < -0.39 is 0 Å². The van der Waals surface area contributed by atoms with Crippen molar-refractivity contribution < 1.29 is 9.59 Å². The number of nitrogens with one attached hydrogen (secondary N) is 1. The van der Waals surface area contributed by atoms with Crippen LogP contribution in [-0.2, 0) is 9.59 Å². The van der Waals surface area contributed by atoms with Gasteiger partial charge in [0.25, 0.3) is 0 Å². The second-order valence-electron chi connectivity index (χ2n) is 6.15. The number of benzene rings is 3. The molecule has 130 valence electrons. The monoisotopic (exact) mass is 363 g/mol. The Kier molecular flexibility index (Phi) is 4.12. The fraction of sp³-hybridized carbons (Fsp3) is 0.150. The zero-order chi connectivity index (χ0) is 18.3. The molecule has 1 atom stereocenters. The first-order valence-electron chi connectivity index (χ1n) is 8.27. The van der Waals surface area contributed by atoms with Crippen LogP contribution in [0.2, 0.25) is 0 Å². The second-order valence-corrected chi connectivity index (χ2v) is 7.22. The fourth-order valence-corrected chi connectivity index (χ4v) is 4.48. The van der Waals surface area contributed by atoms with Gasteiger partial charge >= 0.3 is 0 Å². The predicted octanol–water partition coefficient (Wildman–Crippen LogP) is 3.99. The molecule has 2 amide bonds. The molecule has 0 fully saturated rings. The van der Waals surface area contributed by atoms with Gasteiger partial charge in [0.1, 0.15) is 5.37 Å². The highest BCUT2D eigenvalue weighted by molar-refractivity contribution is 8.14. The number of amidine groups is 1. The van der Waals surface area contributed by atoms with Crippen LogP contribution in [0, 0.1) is 0 Å². The molecule has 0 radical (unpaired) electrons. The topological polar surface area (TPSA) is 61.8 Å². The largest absolute Gasteiger partial charge is 0.304 e. The lowest BCUT2D eigenvalue weighted by Crippen LogP contribution is -2.25. The first-order chi connectivity index (χ1) is 12.5. The third-order valence-electron chi connectivity index (χ3n) is 4.31. The van der Waals surface area contributed by atoms with Gasteiger partial charge in [0.05, 0.1) is 0 Å². The smallest absolute Gasteiger partial charge is 0.241 e. The van der Waals surface area contributed by atoms with Gasteiger partial charge in [0, 0.05) is 19.4 Å². The minimum Gasteiger partial charge on any atom is -0.304 e. The van der Waals surface area contributed by atoms with Gasteiger partial charge in [0.15, 0.2) is 5.17 Å². The van der Waals surface area contributed by atoms with E-state index in [-0.39, 0.29) is 17.2 Å². The minimum absolute atomic E-state index is 0.167. The molecule has 0 bridgehead atoms. The number of hydrazone groups is 1. The number of carbonyl (C=O) groups excluding carboxylic acids is 2. The lowest BCUT2D eigenvalue weighted by molar-refractivity contribution is -0.129. The lowest BCUT2D eigenvalue weighted by atomic mass is 9.96. The summed E-state index contributed by atoms with van der Waals surface area (Å²) in [7, 11) is 0. The molecule has 5 nitrogen and oxygen atoms in total. The van der Waals surface area contributed by atoms with E-state index in [1.54, 1.807) is 0 Å². The lowest BCUT2D eigenvalue weighted by Gasteiger charge is -2.22. The Bertz CT molecular complexity index is 1020. The van der Waals surface area contributed by atoms with E-state index in [1.807, 2.05) is 24.3 Å². The molecule has 0 aliphatic carbocycles. The highest BCUT2D eigenvalue weighted by Gasteiger charge is 2.34. The number of carbonyl (C=O) groups is 2. The Hall–Kier alpha value is -2.86. The van der Waals surface area contributed by atoms with E-state index in [0.717, 1.165) is 27.1 Å². The van der Waals surface area contributed by atoms with Crippen LogP contribution in [0.1, 0.15) is 24.8 Å². The van der Waals surface area contributed by atoms with Gasteiger partial charge < -0.3 is 5.32 Å². The van der Waals surface area contributed by atoms with Crippen molar-refractivity contribution in [1.29, 1.82) is 0 Å². The van der Waals surface area contributed by atoms with Crippen LogP contribution in [0.25, 0.3) is 21.5 Å². The van der Waals surface area contributed by atoms with Gasteiger partial charge in [0.2, 0.25) is 11.8 Å². The molecule has 6 heteroatoms. The molecule has 26 heavy (non-hydrogen) atoms. The molecule has 1 aliphatic rings. The highest BCUT2D eigenvalue weighted by Crippen LogP contribution is 2.44. The van der Waals surface area contributed by atoms with Crippen LogP contribution in [0.3, 0.4) is 0 Å². The van der Waals surface area contributed by atoms with E-state index in [4.69, 9.17) is 0 Å². The van der Waals surface area contributed by atoms with Gasteiger partial charge in [-0.1, -0.05) is 60.3 Å². The first-order valence-corrected chi connectivity index (χ1v) is 9.15. The number of thioether (sulfide) groups is 1. The number of hydrogen-bond acceptors (Lipinski definition) is 4. The molecule has 1 heterocycles. The minimum atomic E-state index is -0.328. The molecule has 1 aliphatic heterocycles. The number of rotatable bonds is 1. The van der Waals surface area contributed by atoms with Crippen molar-refractivity contribution in [3.8, 4) is 0 Å². The summed E-state index contributed by atoms with van der Waals surface area (Å²) in [6.45, 7) is 2.92. The van der Waals surface area contributed by atoms with Gasteiger partial charge in [-0.05, 0) is 27.6 Å². The number of fused-ring (bicyclic) bond motifs is 2. The molecule has 1 unspecified atom stereocenters. The van der Waals surface area contributed by atoms with E-state index in [1.165, 1.54) is 30.6 Å². The predicted molar refractivity (Wildman–Crippen MR) is 106 cm³/mol. The van der Waals surface area contributed by atoms with Gasteiger partial charge in [-0.15, -0.1) is 5.10 Å². The van der Waals surface area contributed by atoms with Crippen LogP contribution in [0.5, 0.6) is 0 Å². The third kappa shape index (κ3) is 2.82. The fourth-order valence-electron chi connectivity index (χ4n) is 3.27. The van der Waals surface area contributed by atoms with Crippen molar-refractivity contribution in [1.82, 2.24) is 10.3 Å². The first kappa shape index (κ1) is 16.6. The molecule has 1 N–H and O–H groups in total. The van der Waals surface area contributed by atoms with Crippen LogP contribution in [-0.4, -0.2) is 22.0 Å². The quantitative estimate of drug-likeness (QED) is 0.665. The molecule has 4 rings (SSSR count). The summed E-state index contributed by atoms with van der Waals surface area (Å²) in [5.74, 6) is -0.372. The van der Waals surface area contributed by atoms with Crippen LogP contribution in [0.15, 0.2) is 59.7 Å². The Morgan fingerprint density at radius 1 is 1.00 bits per heavy atom. The molecule has 3 aromatic carbocycles. The van der Waals surface area contributed by atoms with E-state index in [0.29, 0.717) is 5.17 Å². The number of nitrogens with zero attached hydrogens (tertiary/aromatic N) is 2. The molecule has 0 spiro atoms. The van der Waals surface area contributed by atoms with Crippen LogP contribution in [0.4, 0.5) is 0 Å². The standard InChI is InChI=1S/C20H17N3O2S/c1-12(24)21-20-22-23(13(2)25)19(26-20)18-16-9-5-3-7-14(16)11-15-8-4-6-10-17(15)18/h3-11,19H,1-2H3,(H,21,22,24). The van der Waals surface area contributed by atoms with Gasteiger partial charge in [-0.25, -0.2) is 5.01 Å². The summed E-state index contributed by atoms with van der Waals surface area (Å²) in [6.07, 6.45) is 0. The third-order valence-corrected chi connectivity index (χ3v) is 5.38. The molecule has 0 saturated heterocycles. The molecule has 3 aromatic rings. The average Bonchev–Trinajstić information content (AvgIpc) is 3.02. The Morgan fingerprint density at radius 2 is 1.58 bits per heavy atom. The maximum Gasteiger partial charge on any atom is 0.241 e. The maximum absolute atomic E-state index is 12.2. The Balaban J connectivity index is 1.94. The van der Waals surface area contributed by atoms with Crippen molar-refractivity contribution in [3.05, 3.63) is 60.2 Å². The summed E-state index contributed by atoms with van der Waals surface area (Å²) >= 11 is 1.38. The summed E-state index contributed by atoms with van der Waals surface area (Å²) < 4.78 is 0. The Morgan fingerprint density at radius 3 is 2.12 bits per heavy atom. The zero-order valence-electron chi connectivity index (χ0n) is 14.4. The summed E-state index contributed by atoms with van der Waals surface area (Å²) in [6, 6.07) is 18.4. The second kappa shape index (κ2) is 6.46. The van der Waals surface area contributed by atoms with Crippen molar-refractivity contribution >= 4 is 50.3 Å². The molecule has 0 aromatic heterocycles. The zero-order valence-corrected chi connectivity index (χ0v) is 15.2. The molecular formula is C20H17N3O2S. The Labute approximate surface area is 155 Å². The van der Waals surface area contributed by atoms with Crippen molar-refractivity contribution in [2.45, 2.75) is 19.2 Å². The average molecular weight is 363 g/mol. The maximum atomic E-state index is 12.2. The van der Waals surface area contributed by atoms with Crippen molar-refractivity contribution in [2.75, 3.05) is 0 Å². The highest BCUT2D eigenvalue weighted by atomic mass is 32.2. The van der Waals surface area contributed by atoms with E-state index in [2.05, 4.69) is 40.8 Å². The summed E-state index contributed by atoms with van der Waals surface area (Å²) in [5.41, 5.74) is 1.03. The molecule has 0 saturated carbocycles. The number of hydrogen-bond donors (Lipinski definition) is 1. The van der Waals surface area contributed by atoms with E-state index in [9.17, 15) is 9.59 Å². The van der Waals surface area contributed by atoms with Gasteiger partial charge in [-0.2, -0.15) is 0 Å². The van der Waals surface area contributed by atoms with E-state index >= 15 is 0 Å².